The zero-order chi connectivity index (χ0) is 23.0. The van der Waals surface area contributed by atoms with E-state index in [0.29, 0.717) is 5.69 Å². The number of rotatable bonds is 6. The summed E-state index contributed by atoms with van der Waals surface area (Å²) in [7, 11) is -1.64. The summed E-state index contributed by atoms with van der Waals surface area (Å²) in [5.74, 6) is 1.72. The molecule has 1 aliphatic rings. The highest BCUT2D eigenvalue weighted by atomic mass is 32.2. The maximum Gasteiger partial charge on any atom is 0.261 e. The predicted molar refractivity (Wildman–Crippen MR) is 129 cm³/mol. The molecular weight excluding hydrogens is 438 g/mol. The second-order valence-corrected chi connectivity index (χ2v) is 9.94. The maximum absolute atomic E-state index is 12.6. The van der Waals surface area contributed by atoms with E-state index in [1.165, 1.54) is 0 Å². The van der Waals surface area contributed by atoms with Crippen LogP contribution in [-0.2, 0) is 10.0 Å². The Balaban J connectivity index is 1.27. The molecule has 10 heteroatoms. The number of aryl methyl sites for hydroxylation is 1. The molecule has 9 nitrogen and oxygen atoms in total. The van der Waals surface area contributed by atoms with Crippen LogP contribution in [0.1, 0.15) is 12.0 Å². The second-order valence-electron chi connectivity index (χ2n) is 8.26. The van der Waals surface area contributed by atoms with Crippen molar-refractivity contribution in [1.29, 1.82) is 0 Å². The first-order valence-corrected chi connectivity index (χ1v) is 12.2. The number of nitrogens with one attached hydrogen (secondary N) is 2. The lowest BCUT2D eigenvalue weighted by Gasteiger charge is -2.26. The third-order valence-electron chi connectivity index (χ3n) is 6.04. The van der Waals surface area contributed by atoms with Crippen LogP contribution >= 0.6 is 0 Å². The van der Waals surface area contributed by atoms with Gasteiger partial charge in [0, 0.05) is 32.4 Å². The van der Waals surface area contributed by atoms with Crippen LogP contribution in [0.4, 0.5) is 17.3 Å². The van der Waals surface area contributed by atoms with E-state index in [9.17, 15) is 8.42 Å². The van der Waals surface area contributed by atoms with Crippen molar-refractivity contribution >= 4 is 38.4 Å². The van der Waals surface area contributed by atoms with Gasteiger partial charge in [-0.1, -0.05) is 17.7 Å². The van der Waals surface area contributed by atoms with Gasteiger partial charge < -0.3 is 14.8 Å². The number of aromatic nitrogens is 4. The average molecular weight is 464 g/mol. The van der Waals surface area contributed by atoms with E-state index in [4.69, 9.17) is 0 Å². The highest BCUT2D eigenvalue weighted by Gasteiger charge is 2.28. The van der Waals surface area contributed by atoms with Crippen molar-refractivity contribution in [1.82, 2.24) is 19.9 Å². The summed E-state index contributed by atoms with van der Waals surface area (Å²) in [5.41, 5.74) is 2.27. The molecule has 0 radical (unpaired) electrons. The van der Waals surface area contributed by atoms with Gasteiger partial charge in [0.15, 0.2) is 0 Å². The van der Waals surface area contributed by atoms with E-state index < -0.39 is 10.0 Å². The molecule has 0 bridgehead atoms. The molecule has 0 saturated carbocycles. The van der Waals surface area contributed by atoms with Gasteiger partial charge in [-0.2, -0.15) is 0 Å². The van der Waals surface area contributed by atoms with Gasteiger partial charge in [-0.05, 0) is 43.7 Å². The van der Waals surface area contributed by atoms with Gasteiger partial charge in [0.1, 0.15) is 23.6 Å². The summed E-state index contributed by atoms with van der Waals surface area (Å²) in [6.45, 7) is 3.62. The fourth-order valence-electron chi connectivity index (χ4n) is 4.13. The number of anilines is 3. The van der Waals surface area contributed by atoms with E-state index in [1.54, 1.807) is 42.9 Å². The molecule has 4 aromatic rings. The number of likely N-dealkylation sites (N-methyl/N-ethyl adjacent to an activating group) is 1. The van der Waals surface area contributed by atoms with Crippen molar-refractivity contribution in [3.63, 3.8) is 0 Å². The van der Waals surface area contributed by atoms with Crippen molar-refractivity contribution < 1.29 is 8.42 Å². The van der Waals surface area contributed by atoms with Crippen molar-refractivity contribution in [2.45, 2.75) is 24.3 Å². The number of fused-ring (bicyclic) bond motifs is 1. The van der Waals surface area contributed by atoms with Crippen molar-refractivity contribution in [2.75, 3.05) is 34.7 Å². The summed E-state index contributed by atoms with van der Waals surface area (Å²) >= 11 is 0. The Bertz CT molecular complexity index is 1370. The number of benzene rings is 1. The van der Waals surface area contributed by atoms with Crippen LogP contribution in [0.15, 0.2) is 66.1 Å². The van der Waals surface area contributed by atoms with Crippen LogP contribution in [-0.4, -0.2) is 54.5 Å². The topological polar surface area (TPSA) is 107 Å². The number of nitrogens with zero attached hydrogens (tertiary/aromatic N) is 5. The zero-order valence-corrected chi connectivity index (χ0v) is 19.2. The normalized spacial score (nSPS) is 16.3. The minimum absolute atomic E-state index is 0.224. The Kier molecular flexibility index (Phi) is 5.37. The number of hydrogen-bond acceptors (Lipinski definition) is 7. The smallest absolute Gasteiger partial charge is 0.261 e. The van der Waals surface area contributed by atoms with E-state index >= 15 is 0 Å². The van der Waals surface area contributed by atoms with Crippen LogP contribution in [0.3, 0.4) is 0 Å². The summed E-state index contributed by atoms with van der Waals surface area (Å²) in [6, 6.07) is 12.6. The van der Waals surface area contributed by atoms with Crippen molar-refractivity contribution in [2.24, 2.45) is 0 Å². The molecule has 170 valence electrons. The summed E-state index contributed by atoms with van der Waals surface area (Å²) in [5, 5.41) is 1.02. The van der Waals surface area contributed by atoms with Gasteiger partial charge in [0.05, 0.1) is 22.2 Å². The number of hydrogen-bond donors (Lipinski definition) is 2. The molecule has 0 aliphatic carbocycles. The second kappa shape index (κ2) is 8.36. The molecular formula is C23H25N7O2S. The first kappa shape index (κ1) is 21.2. The summed E-state index contributed by atoms with van der Waals surface area (Å²) < 4.78 is 27.8. The highest BCUT2D eigenvalue weighted by Crippen LogP contribution is 2.28. The van der Waals surface area contributed by atoms with Crippen molar-refractivity contribution in [3.8, 4) is 0 Å². The summed E-state index contributed by atoms with van der Waals surface area (Å²) in [4.78, 5) is 21.0. The fraction of sp³-hybridized carbons (Fsp3) is 0.261. The van der Waals surface area contributed by atoms with E-state index in [1.807, 2.05) is 32.3 Å². The Morgan fingerprint density at radius 1 is 1.09 bits per heavy atom. The number of sulfonamides is 1. The zero-order valence-electron chi connectivity index (χ0n) is 18.4. The molecule has 0 spiro atoms. The highest BCUT2D eigenvalue weighted by molar-refractivity contribution is 7.92. The largest absolute Gasteiger partial charge is 0.355 e. The number of H-pyrrole nitrogens is 1. The lowest BCUT2D eigenvalue weighted by molar-refractivity contribution is 0.601. The number of pyridine rings is 1. The van der Waals surface area contributed by atoms with Crippen LogP contribution in [0.2, 0.25) is 0 Å². The Morgan fingerprint density at radius 3 is 2.67 bits per heavy atom. The Hall–Kier alpha value is -3.66. The van der Waals surface area contributed by atoms with Crippen molar-refractivity contribution in [3.05, 3.63) is 66.7 Å². The van der Waals surface area contributed by atoms with Crippen LogP contribution in [0.25, 0.3) is 11.0 Å². The quantitative estimate of drug-likeness (QED) is 0.452. The molecule has 1 saturated heterocycles. The molecule has 1 aromatic carbocycles. The van der Waals surface area contributed by atoms with Crippen LogP contribution < -0.4 is 14.5 Å². The molecule has 1 atom stereocenters. The van der Waals surface area contributed by atoms with Gasteiger partial charge in [-0.25, -0.2) is 23.4 Å². The van der Waals surface area contributed by atoms with E-state index in [2.05, 4.69) is 34.5 Å². The number of aromatic amines is 1. The van der Waals surface area contributed by atoms with E-state index in [0.717, 1.165) is 47.7 Å². The fourth-order valence-corrected chi connectivity index (χ4v) is 5.18. The third kappa shape index (κ3) is 4.21. The standard InChI is InChI=1S/C23H25N7O2S/c1-16-3-6-19(7-4-16)33(31,32)28-17-5-8-21(25-13-17)29(2)18-10-12-30(14-18)23-20-9-11-24-22(20)26-15-27-23/h3-9,11,13,15,18,28H,10,12,14H2,1-2H3,(H,24,26,27)/t18-/m1/s1. The van der Waals surface area contributed by atoms with Gasteiger partial charge in [0.2, 0.25) is 0 Å². The minimum Gasteiger partial charge on any atom is -0.355 e. The lowest BCUT2D eigenvalue weighted by atomic mass is 10.2. The first-order chi connectivity index (χ1) is 15.9. The molecule has 33 heavy (non-hydrogen) atoms. The van der Waals surface area contributed by atoms with Gasteiger partial charge in [-0.15, -0.1) is 0 Å². The monoisotopic (exact) mass is 463 g/mol. The lowest BCUT2D eigenvalue weighted by Crippen LogP contribution is -2.35. The Labute approximate surface area is 192 Å². The molecule has 3 aromatic heterocycles. The first-order valence-electron chi connectivity index (χ1n) is 10.7. The van der Waals surface area contributed by atoms with Crippen LogP contribution in [0.5, 0.6) is 0 Å². The molecule has 1 fully saturated rings. The maximum atomic E-state index is 12.6. The average Bonchev–Trinajstić information content (AvgIpc) is 3.49. The summed E-state index contributed by atoms with van der Waals surface area (Å²) in [6.07, 6.45) is 5.98. The molecule has 0 amide bonds. The molecule has 1 aliphatic heterocycles. The molecule has 5 rings (SSSR count). The molecule has 0 unspecified atom stereocenters. The molecule has 2 N–H and O–H groups in total. The third-order valence-corrected chi connectivity index (χ3v) is 7.43. The van der Waals surface area contributed by atoms with Gasteiger partial charge >= 0.3 is 0 Å². The van der Waals surface area contributed by atoms with Crippen LogP contribution in [0, 0.1) is 6.92 Å². The van der Waals surface area contributed by atoms with E-state index in [-0.39, 0.29) is 10.9 Å². The molecule has 4 heterocycles. The SMILES string of the molecule is Cc1ccc(S(=O)(=O)Nc2ccc(N(C)[C@@H]3CCN(c4ncnc5[nH]ccc45)C3)nc2)cc1. The minimum atomic E-state index is -3.65. The predicted octanol–water partition coefficient (Wildman–Crippen LogP) is 3.18. The van der Waals surface area contributed by atoms with Gasteiger partial charge in [-0.3, -0.25) is 4.72 Å². The van der Waals surface area contributed by atoms with Gasteiger partial charge in [0.25, 0.3) is 10.0 Å². The Morgan fingerprint density at radius 2 is 1.91 bits per heavy atom.